The summed E-state index contributed by atoms with van der Waals surface area (Å²) in [6.07, 6.45) is 6.01. The van der Waals surface area contributed by atoms with Crippen molar-refractivity contribution in [2.75, 3.05) is 6.54 Å². The van der Waals surface area contributed by atoms with E-state index in [4.69, 9.17) is 0 Å². The van der Waals surface area contributed by atoms with Gasteiger partial charge in [-0.05, 0) is 39.5 Å². The number of aliphatic hydroxyl groups is 1. The largest absolute Gasteiger partial charge is 0.384 e. The van der Waals surface area contributed by atoms with Crippen LogP contribution in [0, 0.1) is 0 Å². The monoisotopic (exact) mass is 280 g/mol. The summed E-state index contributed by atoms with van der Waals surface area (Å²) in [5.74, 6) is 0.0868. The van der Waals surface area contributed by atoms with Crippen LogP contribution in [0.4, 0.5) is 0 Å². The Morgan fingerprint density at radius 3 is 2.85 bits per heavy atom. The molecule has 2 rings (SSSR count). The second-order valence-corrected chi connectivity index (χ2v) is 6.01. The van der Waals surface area contributed by atoms with Crippen molar-refractivity contribution in [3.8, 4) is 0 Å². The van der Waals surface area contributed by atoms with Crippen LogP contribution in [0.1, 0.15) is 52.1 Å². The van der Waals surface area contributed by atoms with E-state index < -0.39 is 5.60 Å². The van der Waals surface area contributed by atoms with Gasteiger partial charge in [0.15, 0.2) is 0 Å². The predicted molar refractivity (Wildman–Crippen MR) is 74.9 cm³/mol. The fourth-order valence-electron chi connectivity index (χ4n) is 2.64. The van der Waals surface area contributed by atoms with Gasteiger partial charge in [-0.25, -0.2) is 4.68 Å². The van der Waals surface area contributed by atoms with Crippen molar-refractivity contribution in [2.24, 2.45) is 0 Å². The fraction of sp³-hybridized carbons (Fsp3) is 0.786. The number of carbonyl (C=O) groups is 1. The van der Waals surface area contributed by atoms with Crippen molar-refractivity contribution >= 4 is 5.91 Å². The molecule has 1 aliphatic rings. The lowest BCUT2D eigenvalue weighted by atomic mass is 10.00. The van der Waals surface area contributed by atoms with E-state index in [1.54, 1.807) is 20.0 Å². The molecule has 1 N–H and O–H groups in total. The molecule has 0 saturated carbocycles. The first-order valence-electron chi connectivity index (χ1n) is 7.34. The highest BCUT2D eigenvalue weighted by molar-refractivity contribution is 5.76. The quantitative estimate of drug-likeness (QED) is 0.902. The lowest BCUT2D eigenvalue weighted by Gasteiger charge is -2.35. The average molecular weight is 280 g/mol. The van der Waals surface area contributed by atoms with Gasteiger partial charge in [-0.1, -0.05) is 12.1 Å². The van der Waals surface area contributed by atoms with Gasteiger partial charge in [0, 0.05) is 12.6 Å². The van der Waals surface area contributed by atoms with Crippen LogP contribution in [0.3, 0.4) is 0 Å². The molecule has 1 atom stereocenters. The molecule has 1 aromatic rings. The van der Waals surface area contributed by atoms with E-state index in [0.717, 1.165) is 25.8 Å². The first-order valence-corrected chi connectivity index (χ1v) is 7.34. The van der Waals surface area contributed by atoms with Crippen molar-refractivity contribution in [3.05, 3.63) is 11.9 Å². The van der Waals surface area contributed by atoms with Crippen molar-refractivity contribution < 1.29 is 9.90 Å². The number of rotatable bonds is 4. The summed E-state index contributed by atoms with van der Waals surface area (Å²) < 4.78 is 1.51. The molecule has 6 nitrogen and oxygen atoms in total. The van der Waals surface area contributed by atoms with Gasteiger partial charge in [0.1, 0.15) is 17.8 Å². The van der Waals surface area contributed by atoms with Crippen molar-refractivity contribution in [1.29, 1.82) is 0 Å². The molecule has 1 amide bonds. The van der Waals surface area contributed by atoms with Crippen molar-refractivity contribution in [2.45, 2.75) is 64.6 Å². The Morgan fingerprint density at radius 1 is 1.50 bits per heavy atom. The van der Waals surface area contributed by atoms with E-state index >= 15 is 0 Å². The van der Waals surface area contributed by atoms with E-state index in [1.165, 1.54) is 11.1 Å². The maximum absolute atomic E-state index is 12.4. The maximum atomic E-state index is 12.4. The number of nitrogens with zero attached hydrogens (tertiary/aromatic N) is 4. The summed E-state index contributed by atoms with van der Waals surface area (Å²) in [5.41, 5.74) is -0.547. The zero-order valence-electron chi connectivity index (χ0n) is 12.5. The van der Waals surface area contributed by atoms with Crippen LogP contribution in [0.25, 0.3) is 0 Å². The number of carbonyl (C=O) groups excluding carboxylic acids is 1. The molecule has 20 heavy (non-hydrogen) atoms. The zero-order chi connectivity index (χ0) is 14.8. The SMILES string of the molecule is CCC1CCCCN1C(=O)Cn1cc(C(C)(C)O)nn1. The number of amides is 1. The minimum Gasteiger partial charge on any atom is -0.384 e. The number of likely N-dealkylation sites (tertiary alicyclic amines) is 1. The van der Waals surface area contributed by atoms with Gasteiger partial charge >= 0.3 is 0 Å². The van der Waals surface area contributed by atoms with Crippen LogP contribution in [-0.2, 0) is 16.9 Å². The molecule has 1 saturated heterocycles. The number of piperidine rings is 1. The molecular weight excluding hydrogens is 256 g/mol. The lowest BCUT2D eigenvalue weighted by Crippen LogP contribution is -2.44. The highest BCUT2D eigenvalue weighted by Crippen LogP contribution is 2.20. The second kappa shape index (κ2) is 5.91. The molecule has 1 unspecified atom stereocenters. The Kier molecular flexibility index (Phi) is 4.42. The van der Waals surface area contributed by atoms with Gasteiger partial charge < -0.3 is 10.0 Å². The molecule has 1 aliphatic heterocycles. The molecule has 1 aromatic heterocycles. The molecular formula is C14H24N4O2. The summed E-state index contributed by atoms with van der Waals surface area (Å²) in [4.78, 5) is 14.3. The van der Waals surface area contributed by atoms with Crippen LogP contribution in [0.2, 0.25) is 0 Å². The Labute approximate surface area is 119 Å². The van der Waals surface area contributed by atoms with Gasteiger partial charge in [0.25, 0.3) is 0 Å². The predicted octanol–water partition coefficient (Wildman–Crippen LogP) is 1.30. The molecule has 0 bridgehead atoms. The third-order valence-corrected chi connectivity index (χ3v) is 3.88. The number of aromatic nitrogens is 3. The Bertz CT molecular complexity index is 464. The summed E-state index contributed by atoms with van der Waals surface area (Å²) in [6, 6.07) is 0.355. The van der Waals surface area contributed by atoms with Crippen LogP contribution < -0.4 is 0 Å². The molecule has 6 heteroatoms. The second-order valence-electron chi connectivity index (χ2n) is 6.01. The van der Waals surface area contributed by atoms with Crippen LogP contribution in [-0.4, -0.2) is 43.5 Å². The Balaban J connectivity index is 2.02. The third-order valence-electron chi connectivity index (χ3n) is 3.88. The molecule has 0 spiro atoms. The Hall–Kier alpha value is -1.43. The minimum absolute atomic E-state index is 0.0868. The van der Waals surface area contributed by atoms with Crippen molar-refractivity contribution in [1.82, 2.24) is 19.9 Å². The standard InChI is InChI=1S/C14H24N4O2/c1-4-11-7-5-6-8-18(11)13(19)10-17-9-12(15-16-17)14(2,3)20/h9,11,20H,4-8,10H2,1-3H3. The smallest absolute Gasteiger partial charge is 0.244 e. The highest BCUT2D eigenvalue weighted by Gasteiger charge is 2.26. The van der Waals surface area contributed by atoms with Crippen LogP contribution in [0.15, 0.2) is 6.20 Å². The van der Waals surface area contributed by atoms with E-state index in [1.807, 2.05) is 4.90 Å². The van der Waals surface area contributed by atoms with Gasteiger partial charge in [-0.15, -0.1) is 5.10 Å². The normalized spacial score (nSPS) is 20.2. The molecule has 0 aromatic carbocycles. The molecule has 0 radical (unpaired) electrons. The highest BCUT2D eigenvalue weighted by atomic mass is 16.3. The van der Waals surface area contributed by atoms with Crippen molar-refractivity contribution in [3.63, 3.8) is 0 Å². The molecule has 1 fully saturated rings. The third kappa shape index (κ3) is 3.36. The molecule has 0 aliphatic carbocycles. The molecule has 2 heterocycles. The van der Waals surface area contributed by atoms with Crippen LogP contribution >= 0.6 is 0 Å². The number of hydrogen-bond acceptors (Lipinski definition) is 4. The van der Waals surface area contributed by atoms with Gasteiger partial charge in [0.2, 0.25) is 5.91 Å². The van der Waals surface area contributed by atoms with E-state index in [-0.39, 0.29) is 12.5 Å². The summed E-state index contributed by atoms with van der Waals surface area (Å²) in [5, 5.41) is 17.7. The van der Waals surface area contributed by atoms with Gasteiger partial charge in [0.05, 0.1) is 6.20 Å². The van der Waals surface area contributed by atoms with E-state index in [0.29, 0.717) is 11.7 Å². The van der Waals surface area contributed by atoms with Gasteiger partial charge in [-0.2, -0.15) is 0 Å². The maximum Gasteiger partial charge on any atom is 0.244 e. The summed E-state index contributed by atoms with van der Waals surface area (Å²) in [7, 11) is 0. The topological polar surface area (TPSA) is 71.2 Å². The number of hydrogen-bond donors (Lipinski definition) is 1. The lowest BCUT2D eigenvalue weighted by molar-refractivity contribution is -0.135. The van der Waals surface area contributed by atoms with E-state index in [9.17, 15) is 9.90 Å². The van der Waals surface area contributed by atoms with E-state index in [2.05, 4.69) is 17.2 Å². The van der Waals surface area contributed by atoms with Crippen LogP contribution in [0.5, 0.6) is 0 Å². The fourth-order valence-corrected chi connectivity index (χ4v) is 2.64. The minimum atomic E-state index is -1.03. The molecule has 112 valence electrons. The first-order chi connectivity index (χ1) is 9.41. The van der Waals surface area contributed by atoms with Gasteiger partial charge in [-0.3, -0.25) is 4.79 Å². The summed E-state index contributed by atoms with van der Waals surface area (Å²) >= 11 is 0. The first kappa shape index (κ1) is 15.0. The summed E-state index contributed by atoms with van der Waals surface area (Å²) in [6.45, 7) is 6.46. The zero-order valence-corrected chi connectivity index (χ0v) is 12.5. The Morgan fingerprint density at radius 2 is 2.25 bits per heavy atom. The average Bonchev–Trinajstić information content (AvgIpc) is 2.87.